The zero-order chi connectivity index (χ0) is 14.5. The Kier molecular flexibility index (Phi) is 4.74. The number of benzene rings is 1. The standard InChI is InChI=1S/C15H18N2O2S/c1-3-4-8-17-14(18)13(20-15(17)19)10-16-12-7-5-6-11(2)9-12/h5-7,9-10,18H,3-4,8H2,1-2H3. The van der Waals surface area contributed by atoms with Crippen LogP contribution < -0.4 is 4.87 Å². The lowest BCUT2D eigenvalue weighted by Gasteiger charge is -2.01. The summed E-state index contributed by atoms with van der Waals surface area (Å²) in [6.07, 6.45) is 3.41. The minimum absolute atomic E-state index is 0.0184. The Balaban J connectivity index is 2.24. The molecular formula is C15H18N2O2S. The fourth-order valence-electron chi connectivity index (χ4n) is 1.85. The molecule has 0 amide bonds. The first-order valence-electron chi connectivity index (χ1n) is 6.65. The Bertz CT molecular complexity index is 671. The smallest absolute Gasteiger partial charge is 0.310 e. The zero-order valence-electron chi connectivity index (χ0n) is 11.7. The number of thiazole rings is 1. The van der Waals surface area contributed by atoms with Crippen LogP contribution in [0.2, 0.25) is 0 Å². The van der Waals surface area contributed by atoms with Gasteiger partial charge in [-0.1, -0.05) is 36.8 Å². The number of hydrogen-bond donors (Lipinski definition) is 1. The highest BCUT2D eigenvalue weighted by molar-refractivity contribution is 7.11. The van der Waals surface area contributed by atoms with Crippen LogP contribution in [0, 0.1) is 6.92 Å². The first-order chi connectivity index (χ1) is 9.61. The molecule has 0 aliphatic rings. The van der Waals surface area contributed by atoms with Crippen LogP contribution in [0.25, 0.3) is 0 Å². The van der Waals surface area contributed by atoms with Gasteiger partial charge in [-0.15, -0.1) is 0 Å². The zero-order valence-corrected chi connectivity index (χ0v) is 12.5. The monoisotopic (exact) mass is 290 g/mol. The highest BCUT2D eigenvalue weighted by Gasteiger charge is 2.11. The lowest BCUT2D eigenvalue weighted by atomic mass is 10.2. The Morgan fingerprint density at radius 3 is 2.95 bits per heavy atom. The van der Waals surface area contributed by atoms with Crippen LogP contribution in [0.1, 0.15) is 30.2 Å². The lowest BCUT2D eigenvalue weighted by Crippen LogP contribution is -2.12. The van der Waals surface area contributed by atoms with E-state index in [-0.39, 0.29) is 10.8 Å². The highest BCUT2D eigenvalue weighted by atomic mass is 32.1. The molecule has 0 aliphatic heterocycles. The third-order valence-corrected chi connectivity index (χ3v) is 3.86. The maximum Gasteiger partial charge on any atom is 0.310 e. The molecule has 0 saturated carbocycles. The average molecular weight is 290 g/mol. The normalized spacial score (nSPS) is 11.3. The third-order valence-electron chi connectivity index (χ3n) is 2.96. The molecule has 5 heteroatoms. The van der Waals surface area contributed by atoms with Crippen molar-refractivity contribution in [3.05, 3.63) is 44.4 Å². The number of aryl methyl sites for hydroxylation is 1. The van der Waals surface area contributed by atoms with Gasteiger partial charge in [0, 0.05) is 6.54 Å². The summed E-state index contributed by atoms with van der Waals surface area (Å²) in [6.45, 7) is 4.60. The molecule has 2 rings (SSSR count). The molecular weight excluding hydrogens is 272 g/mol. The van der Waals surface area contributed by atoms with E-state index in [0.717, 1.165) is 35.4 Å². The minimum Gasteiger partial charge on any atom is -0.493 e. The van der Waals surface area contributed by atoms with Crippen LogP contribution in [0.4, 0.5) is 5.69 Å². The molecule has 2 aromatic rings. The summed E-state index contributed by atoms with van der Waals surface area (Å²) < 4.78 is 1.41. The van der Waals surface area contributed by atoms with Crippen LogP contribution >= 0.6 is 11.3 Å². The molecule has 0 radical (unpaired) electrons. The molecule has 4 nitrogen and oxygen atoms in total. The van der Waals surface area contributed by atoms with E-state index in [0.29, 0.717) is 11.4 Å². The highest BCUT2D eigenvalue weighted by Crippen LogP contribution is 2.20. The summed E-state index contributed by atoms with van der Waals surface area (Å²) in [4.78, 5) is 16.5. The SMILES string of the molecule is CCCCn1c(O)c(C=Nc2cccc(C)c2)sc1=O. The van der Waals surface area contributed by atoms with Crippen molar-refractivity contribution in [1.29, 1.82) is 0 Å². The first kappa shape index (κ1) is 14.5. The number of hydrogen-bond acceptors (Lipinski definition) is 4. The van der Waals surface area contributed by atoms with Crippen molar-refractivity contribution >= 4 is 23.2 Å². The molecule has 0 spiro atoms. The predicted molar refractivity (Wildman–Crippen MR) is 83.6 cm³/mol. The van der Waals surface area contributed by atoms with Crippen LogP contribution in [-0.4, -0.2) is 15.9 Å². The summed E-state index contributed by atoms with van der Waals surface area (Å²) in [5.74, 6) is 0.0184. The second kappa shape index (κ2) is 6.52. The van der Waals surface area contributed by atoms with Gasteiger partial charge in [-0.3, -0.25) is 14.4 Å². The summed E-state index contributed by atoms with van der Waals surface area (Å²) in [5, 5.41) is 10.1. The van der Waals surface area contributed by atoms with Gasteiger partial charge in [-0.2, -0.15) is 0 Å². The summed E-state index contributed by atoms with van der Waals surface area (Å²) in [6, 6.07) is 7.76. The molecule has 20 heavy (non-hydrogen) atoms. The Morgan fingerprint density at radius 2 is 2.25 bits per heavy atom. The van der Waals surface area contributed by atoms with Gasteiger partial charge in [0.1, 0.15) is 4.88 Å². The Labute approximate surface area is 122 Å². The summed E-state index contributed by atoms with van der Waals surface area (Å²) in [5.41, 5.74) is 1.93. The molecule has 1 heterocycles. The van der Waals surface area contributed by atoms with Gasteiger partial charge in [0.15, 0.2) is 0 Å². The first-order valence-corrected chi connectivity index (χ1v) is 7.46. The van der Waals surface area contributed by atoms with Crippen molar-refractivity contribution in [2.45, 2.75) is 33.2 Å². The predicted octanol–water partition coefficient (Wildman–Crippen LogP) is 3.47. The Morgan fingerprint density at radius 1 is 1.45 bits per heavy atom. The molecule has 0 aliphatic carbocycles. The molecule has 106 valence electrons. The molecule has 1 aromatic heterocycles. The maximum atomic E-state index is 11.8. The summed E-state index contributed by atoms with van der Waals surface area (Å²) >= 11 is 1.02. The maximum absolute atomic E-state index is 11.8. The van der Waals surface area contributed by atoms with E-state index in [9.17, 15) is 9.90 Å². The van der Waals surface area contributed by atoms with Gasteiger partial charge >= 0.3 is 4.87 Å². The van der Waals surface area contributed by atoms with Gasteiger partial charge in [0.05, 0.1) is 11.9 Å². The van der Waals surface area contributed by atoms with Crippen molar-refractivity contribution in [3.8, 4) is 5.88 Å². The molecule has 0 atom stereocenters. The number of aromatic hydroxyl groups is 1. The van der Waals surface area contributed by atoms with Gasteiger partial charge in [-0.25, -0.2) is 0 Å². The fraction of sp³-hybridized carbons (Fsp3) is 0.333. The number of rotatable bonds is 5. The van der Waals surface area contributed by atoms with E-state index in [1.807, 2.05) is 31.2 Å². The van der Waals surface area contributed by atoms with Crippen LogP contribution in [0.3, 0.4) is 0 Å². The number of aromatic nitrogens is 1. The Hall–Kier alpha value is -1.88. The van der Waals surface area contributed by atoms with Crippen LogP contribution in [0.5, 0.6) is 5.88 Å². The molecule has 0 fully saturated rings. The second-order valence-corrected chi connectivity index (χ2v) is 5.65. The number of unbranched alkanes of at least 4 members (excludes halogenated alkanes) is 1. The van der Waals surface area contributed by atoms with Crippen molar-refractivity contribution in [3.63, 3.8) is 0 Å². The van der Waals surface area contributed by atoms with Crippen molar-refractivity contribution in [2.24, 2.45) is 4.99 Å². The number of nitrogens with zero attached hydrogens (tertiary/aromatic N) is 2. The second-order valence-electron chi connectivity index (χ2n) is 4.66. The molecule has 0 unspecified atom stereocenters. The van der Waals surface area contributed by atoms with Gasteiger partial charge in [-0.05, 0) is 31.0 Å². The van der Waals surface area contributed by atoms with E-state index >= 15 is 0 Å². The van der Waals surface area contributed by atoms with Crippen molar-refractivity contribution in [2.75, 3.05) is 0 Å². The molecule has 0 bridgehead atoms. The average Bonchev–Trinajstić information content (AvgIpc) is 2.69. The third kappa shape index (κ3) is 3.36. The van der Waals surface area contributed by atoms with Crippen molar-refractivity contribution < 1.29 is 5.11 Å². The van der Waals surface area contributed by atoms with E-state index in [2.05, 4.69) is 11.9 Å². The van der Waals surface area contributed by atoms with Crippen LogP contribution in [-0.2, 0) is 6.54 Å². The molecule has 0 saturated heterocycles. The van der Waals surface area contributed by atoms with E-state index in [1.165, 1.54) is 4.57 Å². The van der Waals surface area contributed by atoms with Crippen LogP contribution in [0.15, 0.2) is 34.1 Å². The minimum atomic E-state index is -0.137. The van der Waals surface area contributed by atoms with E-state index < -0.39 is 0 Å². The fourth-order valence-corrected chi connectivity index (χ4v) is 2.64. The van der Waals surface area contributed by atoms with Gasteiger partial charge in [0.25, 0.3) is 0 Å². The quantitative estimate of drug-likeness (QED) is 0.857. The van der Waals surface area contributed by atoms with E-state index in [4.69, 9.17) is 0 Å². The topological polar surface area (TPSA) is 54.6 Å². The molecule has 1 N–H and O–H groups in total. The number of aliphatic imine (C=N–C) groups is 1. The summed E-state index contributed by atoms with van der Waals surface area (Å²) in [7, 11) is 0. The lowest BCUT2D eigenvalue weighted by molar-refractivity contribution is 0.408. The molecule has 1 aromatic carbocycles. The van der Waals surface area contributed by atoms with E-state index in [1.54, 1.807) is 6.21 Å². The largest absolute Gasteiger partial charge is 0.493 e. The van der Waals surface area contributed by atoms with Gasteiger partial charge < -0.3 is 5.11 Å². The van der Waals surface area contributed by atoms with Gasteiger partial charge in [0.2, 0.25) is 5.88 Å². The van der Waals surface area contributed by atoms with Crippen molar-refractivity contribution in [1.82, 2.24) is 4.57 Å².